The van der Waals surface area contributed by atoms with Crippen LogP contribution in [0.15, 0.2) is 35.4 Å². The molecule has 2 aliphatic carbocycles. The number of hydrogen-bond acceptors (Lipinski definition) is 8. The number of fused-ring (bicyclic) bond motifs is 1. The summed E-state index contributed by atoms with van der Waals surface area (Å²) in [6.45, 7) is 0. The molecule has 2 fully saturated rings. The SMILES string of the molecule is CNc1cc(Nc2cccn(C3CC(OC)C3)c2=O)nc2c(C(=O)NC3CCC[C@@H](OC)C3)cnn12. The molecule has 11 nitrogen and oxygen atoms in total. The van der Waals surface area contributed by atoms with Gasteiger partial charge in [0.2, 0.25) is 0 Å². The number of pyridine rings is 1. The van der Waals surface area contributed by atoms with E-state index in [1.807, 2.05) is 6.07 Å². The fourth-order valence-corrected chi connectivity index (χ4v) is 5.11. The number of rotatable bonds is 8. The lowest BCUT2D eigenvalue weighted by Crippen LogP contribution is -2.40. The van der Waals surface area contributed by atoms with Crippen molar-refractivity contribution in [2.75, 3.05) is 31.9 Å². The summed E-state index contributed by atoms with van der Waals surface area (Å²) in [4.78, 5) is 31.0. The van der Waals surface area contributed by atoms with Gasteiger partial charge in [0.05, 0.1) is 18.4 Å². The fourth-order valence-electron chi connectivity index (χ4n) is 5.11. The number of ether oxygens (including phenoxy) is 2. The summed E-state index contributed by atoms with van der Waals surface area (Å²) in [6.07, 6.45) is 9.04. The molecule has 3 aromatic heterocycles. The normalized spacial score (nSPS) is 23.8. The smallest absolute Gasteiger partial charge is 0.274 e. The van der Waals surface area contributed by atoms with Crippen molar-refractivity contribution in [3.8, 4) is 0 Å². The molecule has 11 heteroatoms. The summed E-state index contributed by atoms with van der Waals surface area (Å²) in [5, 5.41) is 13.7. The highest BCUT2D eigenvalue weighted by molar-refractivity contribution is 6.00. The summed E-state index contributed by atoms with van der Waals surface area (Å²) in [5.41, 5.74) is 1.07. The van der Waals surface area contributed by atoms with E-state index in [0.717, 1.165) is 38.5 Å². The van der Waals surface area contributed by atoms with Crippen LogP contribution in [0.25, 0.3) is 5.65 Å². The number of nitrogens with one attached hydrogen (secondary N) is 3. The Labute approximate surface area is 209 Å². The third-order valence-corrected chi connectivity index (χ3v) is 7.30. The first-order valence-electron chi connectivity index (χ1n) is 12.4. The van der Waals surface area contributed by atoms with Crippen molar-refractivity contribution in [2.24, 2.45) is 0 Å². The average molecular weight is 496 g/mol. The van der Waals surface area contributed by atoms with E-state index in [4.69, 9.17) is 9.47 Å². The van der Waals surface area contributed by atoms with Crippen molar-refractivity contribution in [3.05, 3.63) is 46.5 Å². The second-order valence-corrected chi connectivity index (χ2v) is 9.51. The van der Waals surface area contributed by atoms with Crippen LogP contribution in [0, 0.1) is 0 Å². The average Bonchev–Trinajstić information content (AvgIpc) is 3.29. The minimum atomic E-state index is -0.224. The zero-order valence-corrected chi connectivity index (χ0v) is 20.9. The highest BCUT2D eigenvalue weighted by Crippen LogP contribution is 2.33. The molecule has 2 saturated carbocycles. The molecule has 0 spiro atoms. The van der Waals surface area contributed by atoms with E-state index in [-0.39, 0.29) is 35.8 Å². The number of hydrogen-bond donors (Lipinski definition) is 3. The van der Waals surface area contributed by atoms with Crippen LogP contribution in [0.4, 0.5) is 17.3 Å². The number of carbonyl (C=O) groups is 1. The van der Waals surface area contributed by atoms with Gasteiger partial charge in [-0.1, -0.05) is 0 Å². The van der Waals surface area contributed by atoms with E-state index >= 15 is 0 Å². The number of methoxy groups -OCH3 is 2. The maximum Gasteiger partial charge on any atom is 0.274 e. The molecule has 1 unspecified atom stereocenters. The van der Waals surface area contributed by atoms with E-state index in [9.17, 15) is 9.59 Å². The molecular formula is C25H33N7O4. The predicted octanol–water partition coefficient (Wildman–Crippen LogP) is 2.71. The van der Waals surface area contributed by atoms with Crippen molar-refractivity contribution in [1.82, 2.24) is 24.5 Å². The number of carbonyl (C=O) groups excluding carboxylic acids is 1. The van der Waals surface area contributed by atoms with Crippen molar-refractivity contribution < 1.29 is 14.3 Å². The Hall–Kier alpha value is -3.44. The van der Waals surface area contributed by atoms with Gasteiger partial charge in [-0.3, -0.25) is 9.59 Å². The van der Waals surface area contributed by atoms with E-state index in [0.29, 0.717) is 28.5 Å². The lowest BCUT2D eigenvalue weighted by molar-refractivity contribution is 0.00522. The van der Waals surface area contributed by atoms with Gasteiger partial charge in [0.25, 0.3) is 11.5 Å². The Balaban J connectivity index is 1.40. The molecule has 3 aromatic rings. The van der Waals surface area contributed by atoms with Crippen LogP contribution in [-0.4, -0.2) is 64.6 Å². The lowest BCUT2D eigenvalue weighted by atomic mass is 9.89. The molecule has 0 radical (unpaired) electrons. The van der Waals surface area contributed by atoms with Gasteiger partial charge in [0.1, 0.15) is 22.9 Å². The van der Waals surface area contributed by atoms with Crippen LogP contribution in [0.3, 0.4) is 0 Å². The van der Waals surface area contributed by atoms with Crippen molar-refractivity contribution in [1.29, 1.82) is 0 Å². The lowest BCUT2D eigenvalue weighted by Gasteiger charge is -2.35. The van der Waals surface area contributed by atoms with Crippen LogP contribution in [0.5, 0.6) is 0 Å². The number of amides is 1. The molecule has 2 aliphatic rings. The van der Waals surface area contributed by atoms with Crippen LogP contribution in [-0.2, 0) is 9.47 Å². The van der Waals surface area contributed by atoms with Crippen molar-refractivity contribution >= 4 is 28.9 Å². The quantitative estimate of drug-likeness (QED) is 0.436. The monoisotopic (exact) mass is 495 g/mol. The summed E-state index contributed by atoms with van der Waals surface area (Å²) >= 11 is 0. The molecule has 0 aromatic carbocycles. The van der Waals surface area contributed by atoms with Gasteiger partial charge in [-0.05, 0) is 50.7 Å². The zero-order chi connectivity index (χ0) is 25.2. The Morgan fingerprint density at radius 1 is 1.14 bits per heavy atom. The van der Waals surface area contributed by atoms with Gasteiger partial charge in [-0.2, -0.15) is 9.61 Å². The highest BCUT2D eigenvalue weighted by atomic mass is 16.5. The largest absolute Gasteiger partial charge is 0.381 e. The predicted molar refractivity (Wildman–Crippen MR) is 136 cm³/mol. The van der Waals surface area contributed by atoms with E-state index < -0.39 is 0 Å². The number of aromatic nitrogens is 4. The van der Waals surface area contributed by atoms with Gasteiger partial charge in [0.15, 0.2) is 5.65 Å². The Morgan fingerprint density at radius 3 is 2.69 bits per heavy atom. The summed E-state index contributed by atoms with van der Waals surface area (Å²) in [5.74, 6) is 0.854. The maximum absolute atomic E-state index is 13.2. The molecule has 5 rings (SSSR count). The van der Waals surface area contributed by atoms with E-state index in [1.54, 1.807) is 48.7 Å². The number of anilines is 3. The second-order valence-electron chi connectivity index (χ2n) is 9.51. The Morgan fingerprint density at radius 2 is 1.94 bits per heavy atom. The first kappa shape index (κ1) is 24.3. The topological polar surface area (TPSA) is 124 Å². The first-order chi connectivity index (χ1) is 17.5. The summed E-state index contributed by atoms with van der Waals surface area (Å²) in [6, 6.07) is 5.50. The molecular weight excluding hydrogens is 462 g/mol. The van der Waals surface area contributed by atoms with Crippen molar-refractivity contribution in [3.63, 3.8) is 0 Å². The highest BCUT2D eigenvalue weighted by Gasteiger charge is 2.31. The molecule has 0 bridgehead atoms. The summed E-state index contributed by atoms with van der Waals surface area (Å²) < 4.78 is 14.2. The zero-order valence-electron chi connectivity index (χ0n) is 20.9. The molecule has 1 amide bonds. The van der Waals surface area contributed by atoms with Crippen molar-refractivity contribution in [2.45, 2.75) is 62.8 Å². The second kappa shape index (κ2) is 10.3. The van der Waals surface area contributed by atoms with Crippen LogP contribution < -0.4 is 21.5 Å². The first-order valence-corrected chi connectivity index (χ1v) is 12.4. The van der Waals surface area contributed by atoms with Gasteiger partial charge >= 0.3 is 0 Å². The molecule has 0 saturated heterocycles. The van der Waals surface area contributed by atoms with Gasteiger partial charge in [-0.15, -0.1) is 0 Å². The molecule has 3 heterocycles. The molecule has 2 atom stereocenters. The standard InChI is InChI=1S/C25H33N7O4/c1-26-22-13-21(29-20-8-5-9-31(25(20)34)16-11-18(12-16)36-3)30-23-19(14-27-32(22)23)24(33)28-15-6-4-7-17(10-15)35-2/h5,8-9,13-18,26H,4,6-7,10-12H2,1-3H3,(H,28,33)(H,29,30)/t15?,16?,17-,18?/m1/s1. The van der Waals surface area contributed by atoms with Crippen LogP contribution in [0.1, 0.15) is 54.9 Å². The molecule has 36 heavy (non-hydrogen) atoms. The van der Waals surface area contributed by atoms with E-state index in [2.05, 4.69) is 26.0 Å². The fraction of sp³-hybridized carbons (Fsp3) is 0.520. The molecule has 192 valence electrons. The number of nitrogens with zero attached hydrogens (tertiary/aromatic N) is 4. The van der Waals surface area contributed by atoms with E-state index in [1.165, 1.54) is 6.20 Å². The maximum atomic E-state index is 13.2. The van der Waals surface area contributed by atoms with Crippen LogP contribution >= 0.6 is 0 Å². The summed E-state index contributed by atoms with van der Waals surface area (Å²) in [7, 11) is 5.17. The van der Waals surface area contributed by atoms with Gasteiger partial charge in [-0.25, -0.2) is 4.98 Å². The van der Waals surface area contributed by atoms with Gasteiger partial charge < -0.3 is 30.0 Å². The van der Waals surface area contributed by atoms with Crippen LogP contribution in [0.2, 0.25) is 0 Å². The van der Waals surface area contributed by atoms with Gasteiger partial charge in [0, 0.05) is 45.6 Å². The Kier molecular flexibility index (Phi) is 6.92. The Bertz CT molecular complexity index is 1300. The molecule has 3 N–H and O–H groups in total. The minimum Gasteiger partial charge on any atom is -0.381 e. The minimum absolute atomic E-state index is 0.0447. The molecule has 0 aliphatic heterocycles. The third kappa shape index (κ3) is 4.68. The third-order valence-electron chi connectivity index (χ3n) is 7.30.